The molecule has 1 amide bonds. The fourth-order valence-corrected chi connectivity index (χ4v) is 3.26. The smallest absolute Gasteiger partial charge is 0.235 e. The van der Waals surface area contributed by atoms with Gasteiger partial charge in [0.2, 0.25) is 5.91 Å². The van der Waals surface area contributed by atoms with Crippen LogP contribution in [0.3, 0.4) is 0 Å². The van der Waals surface area contributed by atoms with Crippen LogP contribution in [0.1, 0.15) is 29.5 Å². The van der Waals surface area contributed by atoms with Gasteiger partial charge in [-0.2, -0.15) is 5.26 Å². The lowest BCUT2D eigenvalue weighted by atomic mass is 10.1. The SMILES string of the molecule is N#CCN(CC(=O)N[C@H](c1ccccc1)c1nccs1)C1CC1. The second-order valence-corrected chi connectivity index (χ2v) is 6.50. The molecule has 0 bridgehead atoms. The highest BCUT2D eigenvalue weighted by atomic mass is 32.1. The monoisotopic (exact) mass is 326 g/mol. The molecule has 0 spiro atoms. The highest BCUT2D eigenvalue weighted by Gasteiger charge is 2.30. The summed E-state index contributed by atoms with van der Waals surface area (Å²) in [5.74, 6) is -0.0730. The maximum atomic E-state index is 12.5. The van der Waals surface area contributed by atoms with E-state index in [9.17, 15) is 4.79 Å². The number of hydrogen-bond donors (Lipinski definition) is 1. The van der Waals surface area contributed by atoms with Gasteiger partial charge in [-0.15, -0.1) is 11.3 Å². The van der Waals surface area contributed by atoms with Crippen LogP contribution < -0.4 is 5.32 Å². The molecule has 1 heterocycles. The minimum Gasteiger partial charge on any atom is -0.342 e. The largest absolute Gasteiger partial charge is 0.342 e. The molecule has 1 saturated carbocycles. The molecule has 3 rings (SSSR count). The molecule has 0 saturated heterocycles. The van der Waals surface area contributed by atoms with Crippen LogP contribution in [0.25, 0.3) is 0 Å². The number of thiazole rings is 1. The summed E-state index contributed by atoms with van der Waals surface area (Å²) in [6.07, 6.45) is 3.89. The molecule has 118 valence electrons. The average molecular weight is 326 g/mol. The van der Waals surface area contributed by atoms with Crippen molar-refractivity contribution >= 4 is 17.2 Å². The maximum absolute atomic E-state index is 12.5. The molecule has 1 aliphatic rings. The van der Waals surface area contributed by atoms with Crippen molar-refractivity contribution in [1.82, 2.24) is 15.2 Å². The highest BCUT2D eigenvalue weighted by Crippen LogP contribution is 2.27. The Morgan fingerprint density at radius 2 is 2.22 bits per heavy atom. The van der Waals surface area contributed by atoms with Gasteiger partial charge in [0.25, 0.3) is 0 Å². The van der Waals surface area contributed by atoms with Gasteiger partial charge in [-0.3, -0.25) is 9.69 Å². The molecule has 0 aliphatic heterocycles. The summed E-state index contributed by atoms with van der Waals surface area (Å²) in [6, 6.07) is 12.1. The van der Waals surface area contributed by atoms with Crippen molar-refractivity contribution in [1.29, 1.82) is 5.26 Å². The predicted molar refractivity (Wildman–Crippen MR) is 88.7 cm³/mol. The van der Waals surface area contributed by atoms with Crippen LogP contribution in [-0.4, -0.2) is 34.9 Å². The fraction of sp³-hybridized carbons (Fsp3) is 0.353. The highest BCUT2D eigenvalue weighted by molar-refractivity contribution is 7.09. The third-order valence-electron chi connectivity index (χ3n) is 3.82. The van der Waals surface area contributed by atoms with Gasteiger partial charge in [0.1, 0.15) is 11.0 Å². The van der Waals surface area contributed by atoms with Crippen LogP contribution in [0.4, 0.5) is 0 Å². The van der Waals surface area contributed by atoms with Gasteiger partial charge in [-0.05, 0) is 18.4 Å². The number of benzene rings is 1. The molecule has 1 aliphatic carbocycles. The van der Waals surface area contributed by atoms with Crippen LogP contribution >= 0.6 is 11.3 Å². The fourth-order valence-electron chi connectivity index (χ4n) is 2.55. The Balaban J connectivity index is 1.71. The lowest BCUT2D eigenvalue weighted by molar-refractivity contribution is -0.122. The number of amides is 1. The molecule has 1 atom stereocenters. The zero-order chi connectivity index (χ0) is 16.1. The molecular formula is C17H18N4OS. The first kappa shape index (κ1) is 15.7. The number of nitrogens with zero attached hydrogens (tertiary/aromatic N) is 3. The molecule has 6 heteroatoms. The summed E-state index contributed by atoms with van der Waals surface area (Å²) in [5.41, 5.74) is 1.01. The number of nitrogens with one attached hydrogen (secondary N) is 1. The van der Waals surface area contributed by atoms with Gasteiger partial charge < -0.3 is 5.32 Å². The quantitative estimate of drug-likeness (QED) is 0.793. The number of aromatic nitrogens is 1. The Bertz CT molecular complexity index is 676. The number of rotatable bonds is 7. The van der Waals surface area contributed by atoms with Crippen molar-refractivity contribution in [2.24, 2.45) is 0 Å². The lowest BCUT2D eigenvalue weighted by Crippen LogP contribution is -2.40. The third-order valence-corrected chi connectivity index (χ3v) is 4.66. The van der Waals surface area contributed by atoms with Gasteiger partial charge in [0.15, 0.2) is 0 Å². The number of carbonyl (C=O) groups excluding carboxylic acids is 1. The van der Waals surface area contributed by atoms with Crippen molar-refractivity contribution in [2.75, 3.05) is 13.1 Å². The van der Waals surface area contributed by atoms with Crippen LogP contribution in [0.5, 0.6) is 0 Å². The first-order valence-corrected chi connectivity index (χ1v) is 8.50. The zero-order valence-electron chi connectivity index (χ0n) is 12.7. The normalized spacial score (nSPS) is 15.1. The van der Waals surface area contributed by atoms with Gasteiger partial charge in [-0.1, -0.05) is 30.3 Å². The van der Waals surface area contributed by atoms with E-state index in [1.807, 2.05) is 40.6 Å². The average Bonchev–Trinajstić information content (AvgIpc) is 3.28. The van der Waals surface area contributed by atoms with E-state index in [1.54, 1.807) is 6.20 Å². The minimum absolute atomic E-state index is 0.0730. The molecular weight excluding hydrogens is 308 g/mol. The molecule has 5 nitrogen and oxygen atoms in total. The summed E-state index contributed by atoms with van der Waals surface area (Å²) in [6.45, 7) is 0.554. The first-order valence-electron chi connectivity index (χ1n) is 7.62. The van der Waals surface area contributed by atoms with E-state index < -0.39 is 0 Å². The predicted octanol–water partition coefficient (Wildman–Crippen LogP) is 2.34. The van der Waals surface area contributed by atoms with E-state index in [4.69, 9.17) is 5.26 Å². The van der Waals surface area contributed by atoms with Crippen molar-refractivity contribution in [3.8, 4) is 6.07 Å². The molecule has 1 aromatic carbocycles. The van der Waals surface area contributed by atoms with E-state index in [2.05, 4.69) is 16.4 Å². The summed E-state index contributed by atoms with van der Waals surface area (Å²) >= 11 is 1.52. The van der Waals surface area contributed by atoms with Crippen molar-refractivity contribution < 1.29 is 4.79 Å². The van der Waals surface area contributed by atoms with Gasteiger partial charge >= 0.3 is 0 Å². The second kappa shape index (κ2) is 7.36. The van der Waals surface area contributed by atoms with Gasteiger partial charge in [-0.25, -0.2) is 4.98 Å². The van der Waals surface area contributed by atoms with Crippen LogP contribution in [0, 0.1) is 11.3 Å². The van der Waals surface area contributed by atoms with E-state index >= 15 is 0 Å². The Hall–Kier alpha value is -2.23. The van der Waals surface area contributed by atoms with Crippen LogP contribution in [-0.2, 0) is 4.79 Å². The topological polar surface area (TPSA) is 69.0 Å². The Kier molecular flexibility index (Phi) is 5.01. The molecule has 1 fully saturated rings. The molecule has 23 heavy (non-hydrogen) atoms. The molecule has 0 radical (unpaired) electrons. The molecule has 1 aromatic heterocycles. The number of nitriles is 1. The molecule has 0 unspecified atom stereocenters. The Labute approximate surface area is 139 Å². The first-order chi connectivity index (χ1) is 11.3. The van der Waals surface area contributed by atoms with E-state index in [0.29, 0.717) is 12.6 Å². The van der Waals surface area contributed by atoms with E-state index in [-0.39, 0.29) is 18.5 Å². The number of hydrogen-bond acceptors (Lipinski definition) is 5. The van der Waals surface area contributed by atoms with Crippen LogP contribution in [0.2, 0.25) is 0 Å². The summed E-state index contributed by atoms with van der Waals surface area (Å²) in [7, 11) is 0. The standard InChI is InChI=1S/C17H18N4OS/c18-8-10-21(14-6-7-14)12-15(22)20-16(17-19-9-11-23-17)13-4-2-1-3-5-13/h1-5,9,11,14,16H,6-7,10,12H2,(H,20,22)/t16-/m1/s1. The second-order valence-electron chi connectivity index (χ2n) is 5.58. The zero-order valence-corrected chi connectivity index (χ0v) is 13.5. The Morgan fingerprint density at radius 1 is 1.43 bits per heavy atom. The van der Waals surface area contributed by atoms with Crippen molar-refractivity contribution in [3.63, 3.8) is 0 Å². The molecule has 1 N–H and O–H groups in total. The van der Waals surface area contributed by atoms with Crippen molar-refractivity contribution in [2.45, 2.75) is 24.9 Å². The molecule has 2 aromatic rings. The lowest BCUT2D eigenvalue weighted by Gasteiger charge is -2.21. The van der Waals surface area contributed by atoms with Crippen LogP contribution in [0.15, 0.2) is 41.9 Å². The Morgan fingerprint density at radius 3 is 2.83 bits per heavy atom. The minimum atomic E-state index is -0.244. The summed E-state index contributed by atoms with van der Waals surface area (Å²) < 4.78 is 0. The summed E-state index contributed by atoms with van der Waals surface area (Å²) in [4.78, 5) is 18.7. The third kappa shape index (κ3) is 4.15. The van der Waals surface area contributed by atoms with Gasteiger partial charge in [0.05, 0.1) is 19.2 Å². The number of carbonyl (C=O) groups is 1. The van der Waals surface area contributed by atoms with E-state index in [1.165, 1.54) is 11.3 Å². The summed E-state index contributed by atoms with van der Waals surface area (Å²) in [5, 5.41) is 14.7. The van der Waals surface area contributed by atoms with E-state index in [0.717, 1.165) is 23.4 Å². The van der Waals surface area contributed by atoms with Gasteiger partial charge in [0, 0.05) is 17.6 Å². The van der Waals surface area contributed by atoms with Crippen molar-refractivity contribution in [3.05, 3.63) is 52.5 Å². The maximum Gasteiger partial charge on any atom is 0.235 e.